The lowest BCUT2D eigenvalue weighted by atomic mass is 10.3. The molecule has 278 valence electrons. The van der Waals surface area contributed by atoms with E-state index in [0.29, 0.717) is 66.1 Å². The van der Waals surface area contributed by atoms with Crippen LogP contribution >= 0.6 is 0 Å². The third kappa shape index (κ3) is 21.5. The summed E-state index contributed by atoms with van der Waals surface area (Å²) in [6.07, 6.45) is -1.84. The van der Waals surface area contributed by atoms with Crippen molar-refractivity contribution in [2.24, 2.45) is 0 Å². The average Bonchev–Trinajstić information content (AvgIpc) is 3.06. The van der Waals surface area contributed by atoms with Gasteiger partial charge in [0.15, 0.2) is 24.0 Å². The Morgan fingerprint density at radius 3 is 1.50 bits per heavy atom. The largest absolute Gasteiger partial charge is 0.479 e. The highest BCUT2D eigenvalue weighted by atomic mass is 19.2. The minimum Gasteiger partial charge on any atom is -0.479 e. The van der Waals surface area contributed by atoms with Crippen molar-refractivity contribution in [1.29, 1.82) is 0 Å². The van der Waals surface area contributed by atoms with Gasteiger partial charge in [-0.15, -0.1) is 0 Å². The molecular formula is C30H46F4O14. The van der Waals surface area contributed by atoms with Gasteiger partial charge in [0.2, 0.25) is 17.4 Å². The maximum atomic E-state index is 13.5. The average molecular weight is 707 g/mol. The van der Waals surface area contributed by atoms with Crippen LogP contribution in [0.4, 0.5) is 17.6 Å². The van der Waals surface area contributed by atoms with Gasteiger partial charge in [0.05, 0.1) is 112 Å². The monoisotopic (exact) mass is 706 g/mol. The van der Waals surface area contributed by atoms with Crippen LogP contribution in [0.3, 0.4) is 0 Å². The summed E-state index contributed by atoms with van der Waals surface area (Å²) in [4.78, 5) is 22.3. The highest BCUT2D eigenvalue weighted by Gasteiger charge is 2.23. The Morgan fingerprint density at radius 1 is 0.625 bits per heavy atom. The summed E-state index contributed by atoms with van der Waals surface area (Å²) < 4.78 is 111. The number of aliphatic carboxylic acids is 1. The Hall–Kier alpha value is -2.52. The number of carboxylic acids is 1. The smallest absolute Gasteiger partial charge is 0.332 e. The van der Waals surface area contributed by atoms with E-state index in [-0.39, 0.29) is 52.3 Å². The summed E-state index contributed by atoms with van der Waals surface area (Å²) in [5, 5.41) is 8.73. The first-order chi connectivity index (χ1) is 23.2. The fourth-order valence-corrected chi connectivity index (χ4v) is 3.27. The van der Waals surface area contributed by atoms with Crippen molar-refractivity contribution >= 4 is 11.9 Å². The van der Waals surface area contributed by atoms with Crippen molar-refractivity contribution in [2.45, 2.75) is 32.7 Å². The molecule has 1 rings (SSSR count). The summed E-state index contributed by atoms with van der Waals surface area (Å²) >= 11 is 0. The zero-order chi connectivity index (χ0) is 35.4. The quantitative estimate of drug-likeness (QED) is 0.0291. The van der Waals surface area contributed by atoms with Gasteiger partial charge < -0.3 is 57.2 Å². The lowest BCUT2D eigenvalue weighted by molar-refractivity contribution is -0.178. The zero-order valence-electron chi connectivity index (χ0n) is 27.2. The Balaban J connectivity index is 1.88. The molecular weight excluding hydrogens is 660 g/mol. The second-order valence-corrected chi connectivity index (χ2v) is 9.38. The van der Waals surface area contributed by atoms with E-state index in [1.165, 1.54) is 6.92 Å². The number of carbonyl (C=O) groups is 2. The predicted octanol–water partition coefficient (Wildman–Crippen LogP) is 2.52. The highest BCUT2D eigenvalue weighted by molar-refractivity contribution is 5.72. The van der Waals surface area contributed by atoms with E-state index in [2.05, 4.69) is 4.74 Å². The lowest BCUT2D eigenvalue weighted by Crippen LogP contribution is -2.26. The zero-order valence-corrected chi connectivity index (χ0v) is 27.2. The molecule has 0 aromatic heterocycles. The van der Waals surface area contributed by atoms with Crippen molar-refractivity contribution < 1.29 is 84.4 Å². The van der Waals surface area contributed by atoms with E-state index in [0.717, 1.165) is 0 Å². The number of hydrogen-bond donors (Lipinski definition) is 1. The number of ether oxygens (including phenoxy) is 11. The summed E-state index contributed by atoms with van der Waals surface area (Å²) in [6.45, 7) is 7.82. The molecule has 14 nitrogen and oxygen atoms in total. The normalized spacial score (nSPS) is 12.7. The maximum Gasteiger partial charge on any atom is 0.332 e. The third-order valence-electron chi connectivity index (χ3n) is 5.68. The van der Waals surface area contributed by atoms with Gasteiger partial charge in [-0.2, -0.15) is 8.78 Å². The first kappa shape index (κ1) is 43.5. The molecule has 0 spiro atoms. The van der Waals surface area contributed by atoms with Gasteiger partial charge >= 0.3 is 11.9 Å². The molecule has 0 aliphatic heterocycles. The Kier molecular flexibility index (Phi) is 25.7. The number of hydrogen-bond acceptors (Lipinski definition) is 13. The Labute approximate surface area is 276 Å². The van der Waals surface area contributed by atoms with Crippen LogP contribution in [0.5, 0.6) is 5.75 Å². The van der Waals surface area contributed by atoms with Gasteiger partial charge in [0.25, 0.3) is 0 Å². The first-order valence-corrected chi connectivity index (χ1v) is 15.3. The van der Waals surface area contributed by atoms with Gasteiger partial charge in [-0.3, -0.25) is 4.79 Å². The minimum atomic E-state index is -1.80. The second-order valence-electron chi connectivity index (χ2n) is 9.38. The number of carbonyl (C=O) groups excluding carboxylic acids is 1. The molecule has 0 saturated carbocycles. The molecule has 48 heavy (non-hydrogen) atoms. The van der Waals surface area contributed by atoms with E-state index in [1.807, 2.05) is 6.92 Å². The number of rotatable bonds is 32. The molecule has 0 saturated heterocycles. The van der Waals surface area contributed by atoms with E-state index < -0.39 is 59.8 Å². The molecule has 0 amide bonds. The van der Waals surface area contributed by atoms with Crippen molar-refractivity contribution in [3.63, 3.8) is 0 Å². The summed E-state index contributed by atoms with van der Waals surface area (Å²) in [7, 11) is 0. The Morgan fingerprint density at radius 2 is 1.04 bits per heavy atom. The van der Waals surface area contributed by atoms with Gasteiger partial charge in [-0.25, -0.2) is 13.6 Å². The van der Waals surface area contributed by atoms with Crippen molar-refractivity contribution in [3.05, 3.63) is 29.3 Å². The molecule has 2 unspecified atom stereocenters. The molecule has 2 atom stereocenters. The fraction of sp³-hybridized carbons (Fsp3) is 0.733. The van der Waals surface area contributed by atoms with E-state index >= 15 is 0 Å². The molecule has 0 bridgehead atoms. The van der Waals surface area contributed by atoms with Crippen LogP contribution in [0.25, 0.3) is 0 Å². The lowest BCUT2D eigenvalue weighted by Gasteiger charge is -2.18. The van der Waals surface area contributed by atoms with Crippen LogP contribution < -0.4 is 4.74 Å². The van der Waals surface area contributed by atoms with Crippen LogP contribution in [-0.2, 0) is 57.0 Å². The number of benzene rings is 1. The molecule has 0 fully saturated rings. The SMILES string of the molecule is CCOC(COCCOCCOC(C)C(=O)O)OCCOCCOCCOCCOCCOCCC(=O)Oc1c(F)c(F)cc(F)c1F. The molecule has 0 radical (unpaired) electrons. The van der Waals surface area contributed by atoms with E-state index in [9.17, 15) is 27.2 Å². The molecule has 1 aromatic carbocycles. The molecule has 0 heterocycles. The maximum absolute atomic E-state index is 13.5. The van der Waals surface area contributed by atoms with Gasteiger partial charge in [-0.05, 0) is 13.8 Å². The van der Waals surface area contributed by atoms with Crippen molar-refractivity contribution in [2.75, 3.05) is 112 Å². The Bertz CT molecular complexity index is 981. The van der Waals surface area contributed by atoms with Crippen LogP contribution in [0, 0.1) is 23.3 Å². The highest BCUT2D eigenvalue weighted by Crippen LogP contribution is 2.26. The van der Waals surface area contributed by atoms with Crippen LogP contribution in [0.15, 0.2) is 6.07 Å². The summed E-state index contributed by atoms with van der Waals surface area (Å²) in [5.74, 6) is -10.6. The molecule has 0 aliphatic rings. The second kappa shape index (κ2) is 28.3. The summed E-state index contributed by atoms with van der Waals surface area (Å²) in [5.41, 5.74) is 0. The van der Waals surface area contributed by atoms with Crippen molar-refractivity contribution in [3.8, 4) is 5.75 Å². The summed E-state index contributed by atoms with van der Waals surface area (Å²) in [6, 6.07) is 0.0115. The predicted molar refractivity (Wildman–Crippen MR) is 157 cm³/mol. The van der Waals surface area contributed by atoms with Gasteiger partial charge in [0, 0.05) is 12.7 Å². The fourth-order valence-electron chi connectivity index (χ4n) is 3.27. The van der Waals surface area contributed by atoms with Crippen LogP contribution in [0.2, 0.25) is 0 Å². The minimum absolute atomic E-state index is 0.0115. The molecule has 18 heteroatoms. The molecule has 1 N–H and O–H groups in total. The third-order valence-corrected chi connectivity index (χ3v) is 5.68. The topological polar surface area (TPSA) is 156 Å². The number of esters is 1. The van der Waals surface area contributed by atoms with E-state index in [4.69, 9.17) is 52.5 Å². The standard InChI is InChI=1S/C30H46F4O14/c1-3-45-26(21-44-15-14-43-16-18-46-22(2)30(36)37)47-19-17-42-13-12-41-11-10-40-9-8-39-7-6-38-5-4-25(35)48-29-27(33)23(31)20-24(32)28(29)34/h20,22,26H,3-19,21H2,1-2H3,(H,36,37). The van der Waals surface area contributed by atoms with Crippen LogP contribution in [-0.4, -0.2) is 142 Å². The number of halogens is 4. The van der Waals surface area contributed by atoms with Gasteiger partial charge in [-0.1, -0.05) is 0 Å². The van der Waals surface area contributed by atoms with Gasteiger partial charge in [0.1, 0.15) is 0 Å². The van der Waals surface area contributed by atoms with Crippen molar-refractivity contribution in [1.82, 2.24) is 0 Å². The van der Waals surface area contributed by atoms with E-state index in [1.54, 1.807) is 0 Å². The molecule has 0 aliphatic carbocycles. The first-order valence-electron chi connectivity index (χ1n) is 15.3. The number of carboxylic acid groups (broad SMARTS) is 1. The van der Waals surface area contributed by atoms with Crippen LogP contribution in [0.1, 0.15) is 20.3 Å². The molecule has 1 aromatic rings.